The fraction of sp³-hybridized carbons (Fsp3) is 0.320. The molecule has 1 aromatic heterocycles. The fourth-order valence-electron chi connectivity index (χ4n) is 4.07. The van der Waals surface area contributed by atoms with Crippen molar-refractivity contribution in [1.82, 2.24) is 9.88 Å². The lowest BCUT2D eigenvalue weighted by Gasteiger charge is -2.26. The SMILES string of the molecule is CC(=O)Oc1ccc2[nH]cc(CCCCN3CC=C(c4ccccc4)CC3)c2c1. The first kappa shape index (κ1) is 19.5. The molecule has 2 aromatic carbocycles. The quantitative estimate of drug-likeness (QED) is 0.343. The van der Waals surface area contributed by atoms with Crippen molar-refractivity contribution in [3.05, 3.63) is 71.9 Å². The summed E-state index contributed by atoms with van der Waals surface area (Å²) in [6.07, 6.45) is 8.96. The van der Waals surface area contributed by atoms with Gasteiger partial charge in [-0.3, -0.25) is 9.69 Å². The topological polar surface area (TPSA) is 45.3 Å². The molecule has 150 valence electrons. The van der Waals surface area contributed by atoms with E-state index in [9.17, 15) is 4.79 Å². The molecule has 1 aliphatic heterocycles. The molecule has 3 aromatic rings. The molecule has 1 N–H and O–H groups in total. The van der Waals surface area contributed by atoms with E-state index in [2.05, 4.69) is 52.5 Å². The van der Waals surface area contributed by atoms with Gasteiger partial charge in [0.15, 0.2) is 0 Å². The van der Waals surface area contributed by atoms with E-state index in [4.69, 9.17) is 4.74 Å². The maximum atomic E-state index is 11.2. The minimum atomic E-state index is -0.285. The molecule has 4 heteroatoms. The van der Waals surface area contributed by atoms with Crippen LogP contribution in [0.1, 0.15) is 37.3 Å². The van der Waals surface area contributed by atoms with Crippen molar-refractivity contribution in [2.45, 2.75) is 32.6 Å². The molecule has 4 rings (SSSR count). The lowest BCUT2D eigenvalue weighted by molar-refractivity contribution is -0.131. The highest BCUT2D eigenvalue weighted by molar-refractivity contribution is 5.85. The number of ether oxygens (including phenoxy) is 1. The molecule has 0 saturated carbocycles. The third-order valence-corrected chi connectivity index (χ3v) is 5.61. The molecule has 0 bridgehead atoms. The van der Waals surface area contributed by atoms with Crippen molar-refractivity contribution in [3.8, 4) is 5.75 Å². The molecule has 0 amide bonds. The lowest BCUT2D eigenvalue weighted by atomic mass is 9.99. The third kappa shape index (κ3) is 4.96. The van der Waals surface area contributed by atoms with Crippen molar-refractivity contribution < 1.29 is 9.53 Å². The molecule has 0 saturated heterocycles. The van der Waals surface area contributed by atoms with Gasteiger partial charge in [-0.2, -0.15) is 0 Å². The summed E-state index contributed by atoms with van der Waals surface area (Å²) in [5, 5.41) is 1.15. The summed E-state index contributed by atoms with van der Waals surface area (Å²) in [6.45, 7) is 4.75. The van der Waals surface area contributed by atoms with E-state index in [-0.39, 0.29) is 5.97 Å². The van der Waals surface area contributed by atoms with Crippen LogP contribution in [0.5, 0.6) is 5.75 Å². The van der Waals surface area contributed by atoms with Crippen LogP contribution in [0.25, 0.3) is 16.5 Å². The normalized spacial score (nSPS) is 14.7. The van der Waals surface area contributed by atoms with Gasteiger partial charge >= 0.3 is 5.97 Å². The predicted molar refractivity (Wildman–Crippen MR) is 118 cm³/mol. The predicted octanol–water partition coefficient (Wildman–Crippen LogP) is 5.21. The average molecular weight is 389 g/mol. The number of rotatable bonds is 7. The van der Waals surface area contributed by atoms with Crippen LogP contribution in [-0.2, 0) is 11.2 Å². The molecule has 1 aliphatic rings. The Morgan fingerprint density at radius 2 is 2.00 bits per heavy atom. The summed E-state index contributed by atoms with van der Waals surface area (Å²) in [6, 6.07) is 16.5. The van der Waals surface area contributed by atoms with E-state index in [1.165, 1.54) is 30.0 Å². The van der Waals surface area contributed by atoms with Crippen molar-refractivity contribution in [2.75, 3.05) is 19.6 Å². The van der Waals surface area contributed by atoms with Gasteiger partial charge in [0.05, 0.1) is 0 Å². The Hall–Kier alpha value is -2.85. The van der Waals surface area contributed by atoms with Crippen molar-refractivity contribution in [3.63, 3.8) is 0 Å². The Morgan fingerprint density at radius 1 is 1.14 bits per heavy atom. The summed E-state index contributed by atoms with van der Waals surface area (Å²) in [5.41, 5.74) is 5.22. The molecule has 2 heterocycles. The highest BCUT2D eigenvalue weighted by Crippen LogP contribution is 2.26. The van der Waals surface area contributed by atoms with Gasteiger partial charge in [0.1, 0.15) is 5.75 Å². The number of H-pyrrole nitrogens is 1. The van der Waals surface area contributed by atoms with Gasteiger partial charge in [-0.15, -0.1) is 0 Å². The zero-order chi connectivity index (χ0) is 20.1. The summed E-state index contributed by atoms with van der Waals surface area (Å²) < 4.78 is 5.23. The molecule has 0 fully saturated rings. The maximum absolute atomic E-state index is 11.2. The molecule has 0 atom stereocenters. The van der Waals surface area contributed by atoms with Crippen LogP contribution < -0.4 is 4.74 Å². The van der Waals surface area contributed by atoms with Crippen LogP contribution in [0.15, 0.2) is 60.8 Å². The molecule has 0 aliphatic carbocycles. The standard InChI is InChI=1S/C25H28N2O2/c1-19(28)29-23-10-11-25-24(17-23)22(18-26-25)9-5-6-14-27-15-12-21(13-16-27)20-7-3-2-4-8-20/h2-4,7-8,10-12,17-18,26H,5-6,9,13-16H2,1H3. The van der Waals surface area contributed by atoms with E-state index in [1.807, 2.05) is 18.2 Å². The van der Waals surface area contributed by atoms with Crippen LogP contribution in [0.2, 0.25) is 0 Å². The van der Waals surface area contributed by atoms with Gasteiger partial charge in [-0.25, -0.2) is 0 Å². The number of hydrogen-bond acceptors (Lipinski definition) is 3. The highest BCUT2D eigenvalue weighted by Gasteiger charge is 2.13. The largest absolute Gasteiger partial charge is 0.427 e. The van der Waals surface area contributed by atoms with Crippen LogP contribution in [0.4, 0.5) is 0 Å². The summed E-state index contributed by atoms with van der Waals surface area (Å²) >= 11 is 0. The Morgan fingerprint density at radius 3 is 2.76 bits per heavy atom. The zero-order valence-corrected chi connectivity index (χ0v) is 17.0. The monoisotopic (exact) mass is 388 g/mol. The van der Waals surface area contributed by atoms with Crippen LogP contribution >= 0.6 is 0 Å². The number of fused-ring (bicyclic) bond motifs is 1. The van der Waals surface area contributed by atoms with Gasteiger partial charge in [-0.05, 0) is 67.1 Å². The van der Waals surface area contributed by atoms with Crippen LogP contribution in [0, 0.1) is 0 Å². The lowest BCUT2D eigenvalue weighted by Crippen LogP contribution is -2.29. The number of carbonyl (C=O) groups excluding carboxylic acids is 1. The van der Waals surface area contributed by atoms with Gasteiger partial charge in [-0.1, -0.05) is 36.4 Å². The molecular weight excluding hydrogens is 360 g/mol. The minimum Gasteiger partial charge on any atom is -0.427 e. The van der Waals surface area contributed by atoms with Crippen molar-refractivity contribution in [1.29, 1.82) is 0 Å². The number of aromatic nitrogens is 1. The first-order chi connectivity index (χ1) is 14.2. The number of aromatic amines is 1. The zero-order valence-electron chi connectivity index (χ0n) is 17.0. The molecule has 0 unspecified atom stereocenters. The second-order valence-corrected chi connectivity index (χ2v) is 7.72. The Labute approximate surface area is 172 Å². The number of hydrogen-bond donors (Lipinski definition) is 1. The van der Waals surface area contributed by atoms with E-state index in [1.54, 1.807) is 0 Å². The van der Waals surface area contributed by atoms with Crippen LogP contribution in [0.3, 0.4) is 0 Å². The van der Waals surface area contributed by atoms with E-state index in [0.717, 1.165) is 49.8 Å². The maximum Gasteiger partial charge on any atom is 0.308 e. The molecule has 0 radical (unpaired) electrons. The van der Waals surface area contributed by atoms with E-state index >= 15 is 0 Å². The average Bonchev–Trinajstić information content (AvgIpc) is 3.14. The third-order valence-electron chi connectivity index (χ3n) is 5.61. The smallest absolute Gasteiger partial charge is 0.308 e. The fourth-order valence-corrected chi connectivity index (χ4v) is 4.07. The van der Waals surface area contributed by atoms with Gasteiger partial charge in [0.2, 0.25) is 0 Å². The van der Waals surface area contributed by atoms with E-state index in [0.29, 0.717) is 5.75 Å². The Balaban J connectivity index is 1.27. The summed E-state index contributed by atoms with van der Waals surface area (Å²) in [4.78, 5) is 17.1. The number of unbranched alkanes of at least 4 members (excludes halogenated alkanes) is 1. The van der Waals surface area contributed by atoms with Crippen molar-refractivity contribution in [2.24, 2.45) is 0 Å². The first-order valence-electron chi connectivity index (χ1n) is 10.4. The van der Waals surface area contributed by atoms with Gasteiger partial charge in [0.25, 0.3) is 0 Å². The number of aryl methyl sites for hydroxylation is 1. The minimum absolute atomic E-state index is 0.285. The molecule has 0 spiro atoms. The highest BCUT2D eigenvalue weighted by atomic mass is 16.5. The number of nitrogens with one attached hydrogen (secondary N) is 1. The Bertz CT molecular complexity index is 1000. The molecule has 4 nitrogen and oxygen atoms in total. The summed E-state index contributed by atoms with van der Waals surface area (Å²) in [5.74, 6) is 0.326. The van der Waals surface area contributed by atoms with Crippen LogP contribution in [-0.4, -0.2) is 35.5 Å². The number of esters is 1. The van der Waals surface area contributed by atoms with E-state index < -0.39 is 0 Å². The molecule has 29 heavy (non-hydrogen) atoms. The van der Waals surface area contributed by atoms with Crippen molar-refractivity contribution >= 4 is 22.4 Å². The number of benzene rings is 2. The second-order valence-electron chi connectivity index (χ2n) is 7.72. The number of nitrogens with zero attached hydrogens (tertiary/aromatic N) is 1. The first-order valence-corrected chi connectivity index (χ1v) is 10.4. The van der Waals surface area contributed by atoms with Gasteiger partial charge < -0.3 is 9.72 Å². The summed E-state index contributed by atoms with van der Waals surface area (Å²) in [7, 11) is 0. The second kappa shape index (κ2) is 9.10. The van der Waals surface area contributed by atoms with Gasteiger partial charge in [0, 0.05) is 37.1 Å². The number of carbonyl (C=O) groups is 1. The Kier molecular flexibility index (Phi) is 6.11. The molecular formula is C25H28N2O2.